The molecular weight excluding hydrogens is 492 g/mol. The molecule has 0 aliphatic carbocycles. The van der Waals surface area contributed by atoms with Crippen LogP contribution in [0.3, 0.4) is 0 Å². The number of hydrogen-bond donors (Lipinski definition) is 1. The number of aliphatic carboxylic acids is 1. The Hall–Kier alpha value is -2.14. The minimum atomic E-state index is -1.92. The number of thioether (sulfide) groups is 1. The van der Waals surface area contributed by atoms with Crippen molar-refractivity contribution < 1.29 is 19.1 Å². The van der Waals surface area contributed by atoms with E-state index in [1.54, 1.807) is 24.2 Å². The van der Waals surface area contributed by atoms with Crippen LogP contribution < -0.4 is 9.80 Å². The van der Waals surface area contributed by atoms with Crippen LogP contribution in [-0.4, -0.2) is 73.7 Å². The molecule has 1 fully saturated rings. The molecule has 0 amide bonds. The fourth-order valence-corrected chi connectivity index (χ4v) is 5.16. The number of aromatic nitrogens is 2. The summed E-state index contributed by atoms with van der Waals surface area (Å²) in [5.41, 5.74) is 2.47. The second-order valence-corrected chi connectivity index (χ2v) is 16.4. The molecule has 1 aliphatic rings. The Balaban J connectivity index is 1.92. The van der Waals surface area contributed by atoms with Crippen molar-refractivity contribution in [2.45, 2.75) is 58.0 Å². The number of rotatable bonds is 11. The lowest BCUT2D eigenvalue weighted by atomic mass is 10.1. The summed E-state index contributed by atoms with van der Waals surface area (Å²) in [6.45, 7) is 14.4. The van der Waals surface area contributed by atoms with Crippen LogP contribution in [0.5, 0.6) is 0 Å². The summed E-state index contributed by atoms with van der Waals surface area (Å²) in [6.07, 6.45) is 5.94. The number of nitrogens with zero attached hydrogens (tertiary/aromatic N) is 4. The highest BCUT2D eigenvalue weighted by atomic mass is 32.2. The molecule has 1 saturated heterocycles. The number of carbonyl (C=O) groups is 1. The van der Waals surface area contributed by atoms with Crippen molar-refractivity contribution in [1.82, 2.24) is 9.97 Å². The van der Waals surface area contributed by atoms with Gasteiger partial charge in [0.05, 0.1) is 37.9 Å². The third-order valence-corrected chi connectivity index (χ3v) is 12.1. The Morgan fingerprint density at radius 2 is 1.89 bits per heavy atom. The molecular formula is C26H40N4O4SSi. The summed E-state index contributed by atoms with van der Waals surface area (Å²) < 4.78 is 11.9. The zero-order valence-electron chi connectivity index (χ0n) is 22.4. The van der Waals surface area contributed by atoms with Crippen molar-refractivity contribution in [3.8, 4) is 0 Å². The number of carboxylic acids is 1. The van der Waals surface area contributed by atoms with Crippen LogP contribution in [-0.2, 0) is 20.6 Å². The van der Waals surface area contributed by atoms with Crippen LogP contribution in [0.25, 0.3) is 0 Å². The van der Waals surface area contributed by atoms with Gasteiger partial charge < -0.3 is 24.1 Å². The van der Waals surface area contributed by atoms with Crippen LogP contribution >= 0.6 is 11.8 Å². The van der Waals surface area contributed by atoms with Gasteiger partial charge in [-0.2, -0.15) is 11.8 Å². The van der Waals surface area contributed by atoms with E-state index in [0.29, 0.717) is 37.9 Å². The van der Waals surface area contributed by atoms with Gasteiger partial charge >= 0.3 is 5.97 Å². The largest absolute Gasteiger partial charge is 0.480 e. The molecule has 198 valence electrons. The summed E-state index contributed by atoms with van der Waals surface area (Å²) in [6, 6.07) is 7.22. The van der Waals surface area contributed by atoms with E-state index < -0.39 is 20.3 Å². The standard InChI is InChI=1S/C26H40N4O4SSi/c1-26(2,3)36(5,6)34-19-20-8-7-9-21(16-20)30(23(24(31)32)10-15-35-4)22-17-27-25(28-18-22)29-11-13-33-14-12-29/h7-9,16-18,23H,10-15,19H2,1-6H3,(H,31,32)/t23-/m0/s1. The Bertz CT molecular complexity index is 994. The second kappa shape index (κ2) is 12.4. The maximum Gasteiger partial charge on any atom is 0.326 e. The van der Waals surface area contributed by atoms with Gasteiger partial charge in [-0.3, -0.25) is 0 Å². The molecule has 0 unspecified atom stereocenters. The number of hydrogen-bond acceptors (Lipinski definition) is 8. The molecule has 2 aromatic rings. The van der Waals surface area contributed by atoms with Crippen LogP contribution in [0.2, 0.25) is 18.1 Å². The monoisotopic (exact) mass is 532 g/mol. The number of carboxylic acid groups (broad SMARTS) is 1. The van der Waals surface area contributed by atoms with E-state index in [-0.39, 0.29) is 5.04 Å². The summed E-state index contributed by atoms with van der Waals surface area (Å²) >= 11 is 1.64. The predicted molar refractivity (Wildman–Crippen MR) is 150 cm³/mol. The first kappa shape index (κ1) is 28.4. The molecule has 1 aromatic carbocycles. The zero-order chi connectivity index (χ0) is 26.3. The van der Waals surface area contributed by atoms with Crippen molar-refractivity contribution in [2.75, 3.05) is 48.1 Å². The predicted octanol–water partition coefficient (Wildman–Crippen LogP) is 5.18. The quantitative estimate of drug-likeness (QED) is 0.393. The van der Waals surface area contributed by atoms with Gasteiger partial charge in [-0.25, -0.2) is 14.8 Å². The van der Waals surface area contributed by atoms with Crippen molar-refractivity contribution in [1.29, 1.82) is 0 Å². The van der Waals surface area contributed by atoms with Crippen LogP contribution in [0.1, 0.15) is 32.8 Å². The van der Waals surface area contributed by atoms with Gasteiger partial charge in [-0.15, -0.1) is 0 Å². The van der Waals surface area contributed by atoms with Crippen LogP contribution in [0.15, 0.2) is 36.7 Å². The lowest BCUT2D eigenvalue weighted by Gasteiger charge is -2.36. The lowest BCUT2D eigenvalue weighted by molar-refractivity contribution is -0.138. The van der Waals surface area contributed by atoms with E-state index >= 15 is 0 Å². The molecule has 1 atom stereocenters. The molecule has 0 radical (unpaired) electrons. The zero-order valence-corrected chi connectivity index (χ0v) is 24.2. The number of morpholine rings is 1. The first-order chi connectivity index (χ1) is 17.0. The smallest absolute Gasteiger partial charge is 0.326 e. The fourth-order valence-electron chi connectivity index (χ4n) is 3.74. The SMILES string of the molecule is CSCC[C@@H](C(=O)O)N(c1cnc(N2CCOCC2)nc1)c1cccc(CO[Si](C)(C)C(C)(C)C)c1. The topological polar surface area (TPSA) is 88.0 Å². The summed E-state index contributed by atoms with van der Waals surface area (Å²) in [4.78, 5) is 25.5. The maximum absolute atomic E-state index is 12.4. The fraction of sp³-hybridized carbons (Fsp3) is 0.577. The number of anilines is 3. The van der Waals surface area contributed by atoms with Gasteiger partial charge in [0, 0.05) is 18.8 Å². The average molecular weight is 533 g/mol. The Kier molecular flexibility index (Phi) is 9.79. The molecule has 0 saturated carbocycles. The third-order valence-electron chi connectivity index (χ3n) is 6.98. The van der Waals surface area contributed by atoms with Gasteiger partial charge in [0.15, 0.2) is 8.32 Å². The van der Waals surface area contributed by atoms with E-state index in [1.807, 2.05) is 35.4 Å². The number of benzene rings is 1. The Morgan fingerprint density at radius 1 is 1.22 bits per heavy atom. The molecule has 1 aliphatic heterocycles. The molecule has 2 heterocycles. The minimum absolute atomic E-state index is 0.114. The summed E-state index contributed by atoms with van der Waals surface area (Å²) in [5, 5.41) is 10.3. The van der Waals surface area contributed by atoms with Gasteiger partial charge in [0.1, 0.15) is 6.04 Å². The van der Waals surface area contributed by atoms with Gasteiger partial charge in [0.25, 0.3) is 0 Å². The van der Waals surface area contributed by atoms with Gasteiger partial charge in [0.2, 0.25) is 5.95 Å². The van der Waals surface area contributed by atoms with Crippen LogP contribution in [0.4, 0.5) is 17.3 Å². The molecule has 0 bridgehead atoms. The molecule has 10 heteroatoms. The van der Waals surface area contributed by atoms with Crippen molar-refractivity contribution in [2.24, 2.45) is 0 Å². The number of ether oxygens (including phenoxy) is 1. The highest BCUT2D eigenvalue weighted by Crippen LogP contribution is 2.37. The van der Waals surface area contributed by atoms with E-state index in [4.69, 9.17) is 9.16 Å². The molecule has 1 aromatic heterocycles. The molecule has 36 heavy (non-hydrogen) atoms. The van der Waals surface area contributed by atoms with Crippen molar-refractivity contribution in [3.05, 3.63) is 42.2 Å². The molecule has 0 spiro atoms. The van der Waals surface area contributed by atoms with E-state index in [2.05, 4.69) is 48.7 Å². The molecule has 3 rings (SSSR count). The van der Waals surface area contributed by atoms with E-state index in [0.717, 1.165) is 30.1 Å². The summed E-state index contributed by atoms with van der Waals surface area (Å²) in [5.74, 6) is 0.493. The maximum atomic E-state index is 12.4. The van der Waals surface area contributed by atoms with Crippen molar-refractivity contribution in [3.63, 3.8) is 0 Å². The second-order valence-electron chi connectivity index (χ2n) is 10.6. The summed E-state index contributed by atoms with van der Waals surface area (Å²) in [7, 11) is -1.92. The molecule has 8 nitrogen and oxygen atoms in total. The molecule has 1 N–H and O–H groups in total. The Labute approximate surface area is 220 Å². The Morgan fingerprint density at radius 3 is 2.47 bits per heavy atom. The minimum Gasteiger partial charge on any atom is -0.480 e. The van der Waals surface area contributed by atoms with Crippen LogP contribution in [0, 0.1) is 0 Å². The normalized spacial score (nSPS) is 15.6. The van der Waals surface area contributed by atoms with E-state index in [1.165, 1.54) is 0 Å². The third kappa shape index (κ3) is 7.21. The average Bonchev–Trinajstić information content (AvgIpc) is 2.85. The van der Waals surface area contributed by atoms with Crippen molar-refractivity contribution >= 4 is 43.4 Å². The first-order valence-electron chi connectivity index (χ1n) is 12.4. The highest BCUT2D eigenvalue weighted by molar-refractivity contribution is 7.98. The lowest BCUT2D eigenvalue weighted by Crippen LogP contribution is -2.40. The highest BCUT2D eigenvalue weighted by Gasteiger charge is 2.37. The van der Waals surface area contributed by atoms with Gasteiger partial charge in [-0.05, 0) is 54.3 Å². The van der Waals surface area contributed by atoms with E-state index in [9.17, 15) is 9.90 Å². The van der Waals surface area contributed by atoms with Gasteiger partial charge in [-0.1, -0.05) is 32.9 Å². The first-order valence-corrected chi connectivity index (χ1v) is 16.7.